The molecule has 0 aromatic carbocycles. The number of nitrogens with zero attached hydrogens (tertiary/aromatic N) is 2. The SMILES string of the molecule is CCC(C(=O)NCc1ccco1)n1nc(C)c(Cl)c1C. The van der Waals surface area contributed by atoms with Gasteiger partial charge in [0, 0.05) is 0 Å². The van der Waals surface area contributed by atoms with Crippen molar-refractivity contribution < 1.29 is 9.21 Å². The number of halogens is 1. The maximum atomic E-state index is 12.3. The van der Waals surface area contributed by atoms with Gasteiger partial charge in [0.25, 0.3) is 0 Å². The van der Waals surface area contributed by atoms with Gasteiger partial charge in [-0.3, -0.25) is 9.48 Å². The van der Waals surface area contributed by atoms with Gasteiger partial charge in [-0.05, 0) is 32.4 Å². The fraction of sp³-hybridized carbons (Fsp3) is 0.429. The molecule has 0 aliphatic rings. The van der Waals surface area contributed by atoms with Crippen LogP contribution in [0.25, 0.3) is 0 Å². The Morgan fingerprint density at radius 1 is 1.55 bits per heavy atom. The monoisotopic (exact) mass is 295 g/mol. The fourth-order valence-electron chi connectivity index (χ4n) is 2.12. The maximum Gasteiger partial charge on any atom is 0.245 e. The molecule has 0 aliphatic carbocycles. The van der Waals surface area contributed by atoms with Gasteiger partial charge in [0.1, 0.15) is 11.8 Å². The topological polar surface area (TPSA) is 60.1 Å². The molecule has 2 rings (SSSR count). The van der Waals surface area contributed by atoms with Gasteiger partial charge in [-0.2, -0.15) is 5.10 Å². The first-order valence-corrected chi connectivity index (χ1v) is 6.93. The molecular formula is C14H18ClN3O2. The highest BCUT2D eigenvalue weighted by molar-refractivity contribution is 6.31. The van der Waals surface area contributed by atoms with Crippen LogP contribution >= 0.6 is 11.6 Å². The number of carbonyl (C=O) groups is 1. The average molecular weight is 296 g/mol. The summed E-state index contributed by atoms with van der Waals surface area (Å²) in [5, 5.41) is 7.81. The van der Waals surface area contributed by atoms with E-state index in [1.807, 2.05) is 26.8 Å². The number of furan rings is 1. The van der Waals surface area contributed by atoms with Crippen molar-refractivity contribution >= 4 is 17.5 Å². The van der Waals surface area contributed by atoms with E-state index in [9.17, 15) is 4.79 Å². The largest absolute Gasteiger partial charge is 0.467 e. The van der Waals surface area contributed by atoms with E-state index in [-0.39, 0.29) is 11.9 Å². The lowest BCUT2D eigenvalue weighted by Crippen LogP contribution is -2.32. The van der Waals surface area contributed by atoms with E-state index in [1.165, 1.54) is 0 Å². The van der Waals surface area contributed by atoms with Crippen molar-refractivity contribution in [1.82, 2.24) is 15.1 Å². The van der Waals surface area contributed by atoms with Crippen molar-refractivity contribution in [1.29, 1.82) is 0 Å². The molecule has 0 fully saturated rings. The minimum absolute atomic E-state index is 0.0915. The highest BCUT2D eigenvalue weighted by atomic mass is 35.5. The molecule has 1 amide bonds. The molecule has 5 nitrogen and oxygen atoms in total. The second-order valence-electron chi connectivity index (χ2n) is 4.65. The molecule has 20 heavy (non-hydrogen) atoms. The molecule has 0 saturated carbocycles. The molecule has 1 N–H and O–H groups in total. The molecule has 0 bridgehead atoms. The van der Waals surface area contributed by atoms with Crippen LogP contribution in [0, 0.1) is 13.8 Å². The first kappa shape index (κ1) is 14.7. The molecule has 1 atom stereocenters. The summed E-state index contributed by atoms with van der Waals surface area (Å²) in [6.07, 6.45) is 2.22. The van der Waals surface area contributed by atoms with Crippen molar-refractivity contribution in [2.45, 2.75) is 39.8 Å². The smallest absolute Gasteiger partial charge is 0.245 e. The quantitative estimate of drug-likeness (QED) is 0.922. The summed E-state index contributed by atoms with van der Waals surface area (Å²) in [5.41, 5.74) is 1.55. The Balaban J connectivity index is 2.11. The predicted molar refractivity (Wildman–Crippen MR) is 76.6 cm³/mol. The van der Waals surface area contributed by atoms with Crippen LogP contribution < -0.4 is 5.32 Å². The van der Waals surface area contributed by atoms with Gasteiger partial charge in [-0.15, -0.1) is 0 Å². The van der Waals surface area contributed by atoms with Gasteiger partial charge in [0.2, 0.25) is 5.91 Å². The van der Waals surface area contributed by atoms with Crippen LogP contribution in [0.1, 0.15) is 36.5 Å². The van der Waals surface area contributed by atoms with Gasteiger partial charge >= 0.3 is 0 Å². The third kappa shape index (κ3) is 2.88. The second-order valence-corrected chi connectivity index (χ2v) is 5.03. The molecule has 2 aromatic heterocycles. The molecule has 0 spiro atoms. The Hall–Kier alpha value is -1.75. The van der Waals surface area contributed by atoms with Crippen LogP contribution in [0.15, 0.2) is 22.8 Å². The second kappa shape index (κ2) is 6.13. The zero-order valence-corrected chi connectivity index (χ0v) is 12.6. The van der Waals surface area contributed by atoms with E-state index in [1.54, 1.807) is 17.0 Å². The summed E-state index contributed by atoms with van der Waals surface area (Å²) in [7, 11) is 0. The van der Waals surface area contributed by atoms with E-state index >= 15 is 0 Å². The van der Waals surface area contributed by atoms with Gasteiger partial charge in [-0.1, -0.05) is 18.5 Å². The van der Waals surface area contributed by atoms with E-state index < -0.39 is 0 Å². The Labute approximate surface area is 122 Å². The number of aryl methyl sites for hydroxylation is 1. The number of rotatable bonds is 5. The minimum Gasteiger partial charge on any atom is -0.467 e. The van der Waals surface area contributed by atoms with E-state index in [0.717, 1.165) is 17.1 Å². The molecule has 0 saturated heterocycles. The van der Waals surface area contributed by atoms with Crippen molar-refractivity contribution in [2.24, 2.45) is 0 Å². The molecule has 0 radical (unpaired) electrons. The number of amides is 1. The van der Waals surface area contributed by atoms with Crippen molar-refractivity contribution in [2.75, 3.05) is 0 Å². The van der Waals surface area contributed by atoms with E-state index in [0.29, 0.717) is 18.0 Å². The van der Waals surface area contributed by atoms with E-state index in [4.69, 9.17) is 16.0 Å². The summed E-state index contributed by atoms with van der Waals surface area (Å²) in [6.45, 7) is 6.01. The van der Waals surface area contributed by atoms with Gasteiger partial charge in [0.05, 0.1) is 29.2 Å². The van der Waals surface area contributed by atoms with E-state index in [2.05, 4.69) is 10.4 Å². The maximum absolute atomic E-state index is 12.3. The molecule has 1 unspecified atom stereocenters. The number of hydrogen-bond acceptors (Lipinski definition) is 3. The predicted octanol–water partition coefficient (Wildman–Crippen LogP) is 3.01. The Kier molecular flexibility index (Phi) is 4.49. The molecule has 0 aliphatic heterocycles. The van der Waals surface area contributed by atoms with Crippen molar-refractivity contribution in [3.05, 3.63) is 40.6 Å². The standard InChI is InChI=1S/C14H18ClN3O2/c1-4-12(18-10(3)13(15)9(2)17-18)14(19)16-8-11-6-5-7-20-11/h5-7,12H,4,8H2,1-3H3,(H,16,19). The summed E-state index contributed by atoms with van der Waals surface area (Å²) in [6, 6.07) is 3.25. The van der Waals surface area contributed by atoms with Gasteiger partial charge in [-0.25, -0.2) is 0 Å². The molecule has 6 heteroatoms. The normalized spacial score (nSPS) is 12.4. The molecule has 108 valence electrons. The lowest BCUT2D eigenvalue weighted by atomic mass is 10.2. The Bertz CT molecular complexity index is 590. The van der Waals surface area contributed by atoms with Gasteiger partial charge < -0.3 is 9.73 Å². The minimum atomic E-state index is -0.365. The average Bonchev–Trinajstić information content (AvgIpc) is 3.03. The van der Waals surface area contributed by atoms with Crippen molar-refractivity contribution in [3.8, 4) is 0 Å². The number of nitrogens with one attached hydrogen (secondary N) is 1. The first-order chi connectivity index (χ1) is 9.54. The van der Waals surface area contributed by atoms with Crippen LogP contribution in [0.5, 0.6) is 0 Å². The summed E-state index contributed by atoms with van der Waals surface area (Å²) < 4.78 is 6.88. The molecular weight excluding hydrogens is 278 g/mol. The fourth-order valence-corrected chi connectivity index (χ4v) is 2.25. The molecule has 2 heterocycles. The van der Waals surface area contributed by atoms with Crippen LogP contribution in [0.4, 0.5) is 0 Å². The van der Waals surface area contributed by atoms with Crippen LogP contribution in [0.3, 0.4) is 0 Å². The lowest BCUT2D eigenvalue weighted by Gasteiger charge is -2.16. The lowest BCUT2D eigenvalue weighted by molar-refractivity contribution is -0.125. The van der Waals surface area contributed by atoms with Crippen LogP contribution in [-0.2, 0) is 11.3 Å². The zero-order chi connectivity index (χ0) is 14.7. The molecule has 2 aromatic rings. The van der Waals surface area contributed by atoms with Crippen LogP contribution in [-0.4, -0.2) is 15.7 Å². The third-order valence-electron chi connectivity index (χ3n) is 3.24. The first-order valence-electron chi connectivity index (χ1n) is 6.55. The number of aromatic nitrogens is 2. The van der Waals surface area contributed by atoms with Crippen LogP contribution in [0.2, 0.25) is 5.02 Å². The Morgan fingerprint density at radius 2 is 2.30 bits per heavy atom. The summed E-state index contributed by atoms with van der Waals surface area (Å²) >= 11 is 6.13. The number of carbonyl (C=O) groups excluding carboxylic acids is 1. The zero-order valence-electron chi connectivity index (χ0n) is 11.8. The Morgan fingerprint density at radius 3 is 2.80 bits per heavy atom. The third-order valence-corrected chi connectivity index (χ3v) is 3.79. The van der Waals surface area contributed by atoms with Crippen molar-refractivity contribution in [3.63, 3.8) is 0 Å². The highest BCUT2D eigenvalue weighted by Crippen LogP contribution is 2.23. The number of hydrogen-bond donors (Lipinski definition) is 1. The highest BCUT2D eigenvalue weighted by Gasteiger charge is 2.23. The summed E-state index contributed by atoms with van der Waals surface area (Å²) in [4.78, 5) is 12.3. The summed E-state index contributed by atoms with van der Waals surface area (Å²) in [5.74, 6) is 0.630. The van der Waals surface area contributed by atoms with Gasteiger partial charge in [0.15, 0.2) is 0 Å².